The second-order valence-electron chi connectivity index (χ2n) is 5.48. The van der Waals surface area contributed by atoms with Crippen LogP contribution in [0.15, 0.2) is 18.3 Å². The minimum Gasteiger partial charge on any atom is -0.385 e. The molecule has 0 bridgehead atoms. The second-order valence-corrected chi connectivity index (χ2v) is 5.48. The summed E-state index contributed by atoms with van der Waals surface area (Å²) in [7, 11) is 2.16. The lowest BCUT2D eigenvalue weighted by Gasteiger charge is -2.34. The molecule has 18 heavy (non-hydrogen) atoms. The van der Waals surface area contributed by atoms with E-state index in [2.05, 4.69) is 56.0 Å². The van der Waals surface area contributed by atoms with Gasteiger partial charge in [-0.2, -0.15) is 0 Å². The minimum absolute atomic E-state index is 0.217. The number of hydrogen-bond donors (Lipinski definition) is 1. The first kappa shape index (κ1) is 15.0. The van der Waals surface area contributed by atoms with Crippen molar-refractivity contribution in [2.45, 2.75) is 52.6 Å². The van der Waals surface area contributed by atoms with Crippen LogP contribution >= 0.6 is 0 Å². The Bertz CT molecular complexity index is 361. The zero-order valence-corrected chi connectivity index (χ0v) is 12.5. The number of nitrogens with one attached hydrogen (secondary N) is 1. The Kier molecular flexibility index (Phi) is 5.60. The molecule has 1 aromatic heterocycles. The van der Waals surface area contributed by atoms with E-state index < -0.39 is 0 Å². The summed E-state index contributed by atoms with van der Waals surface area (Å²) in [6.07, 6.45) is 4.16. The van der Waals surface area contributed by atoms with Crippen LogP contribution in [0.25, 0.3) is 0 Å². The van der Waals surface area contributed by atoms with Crippen LogP contribution in [0.4, 0.5) is 5.69 Å². The standard InChI is InChI=1S/C15H27N3/c1-6-9-16-13-8-10-17-14(11-13)12-18(5)15(3,4)7-2/h8,10-11H,6-7,9,12H2,1-5H3,(H,16,17). The molecule has 0 fully saturated rings. The average Bonchev–Trinajstić information content (AvgIpc) is 2.36. The molecule has 0 aliphatic rings. The minimum atomic E-state index is 0.217. The van der Waals surface area contributed by atoms with Crippen LogP contribution in [0.2, 0.25) is 0 Å². The first-order valence-corrected chi connectivity index (χ1v) is 6.89. The zero-order chi connectivity index (χ0) is 13.6. The Morgan fingerprint density at radius 1 is 1.33 bits per heavy atom. The molecule has 102 valence electrons. The van der Waals surface area contributed by atoms with Crippen LogP contribution in [-0.2, 0) is 6.54 Å². The van der Waals surface area contributed by atoms with Gasteiger partial charge in [0.25, 0.3) is 0 Å². The highest BCUT2D eigenvalue weighted by Crippen LogP contribution is 2.19. The van der Waals surface area contributed by atoms with Gasteiger partial charge in [0.05, 0.1) is 5.69 Å². The Labute approximate surface area is 112 Å². The maximum absolute atomic E-state index is 4.45. The van der Waals surface area contributed by atoms with Gasteiger partial charge in [0.15, 0.2) is 0 Å². The Morgan fingerprint density at radius 3 is 2.67 bits per heavy atom. The maximum Gasteiger partial charge on any atom is 0.0564 e. The molecule has 0 aromatic carbocycles. The SMILES string of the molecule is CCCNc1ccnc(CN(C)C(C)(C)CC)c1. The molecule has 0 amide bonds. The molecule has 0 spiro atoms. The highest BCUT2D eigenvalue weighted by molar-refractivity contribution is 5.43. The monoisotopic (exact) mass is 249 g/mol. The van der Waals surface area contributed by atoms with Gasteiger partial charge in [-0.1, -0.05) is 13.8 Å². The summed E-state index contributed by atoms with van der Waals surface area (Å²) in [5, 5.41) is 3.40. The van der Waals surface area contributed by atoms with Crippen LogP contribution < -0.4 is 5.32 Å². The molecule has 0 aliphatic carbocycles. The van der Waals surface area contributed by atoms with E-state index in [-0.39, 0.29) is 5.54 Å². The summed E-state index contributed by atoms with van der Waals surface area (Å²) in [6, 6.07) is 4.18. The third-order valence-corrected chi connectivity index (χ3v) is 3.69. The molecule has 1 heterocycles. The van der Waals surface area contributed by atoms with Crippen molar-refractivity contribution in [3.63, 3.8) is 0 Å². The Hall–Kier alpha value is -1.09. The molecular formula is C15H27N3. The van der Waals surface area contributed by atoms with E-state index in [0.717, 1.165) is 31.6 Å². The van der Waals surface area contributed by atoms with Crippen molar-refractivity contribution < 1.29 is 0 Å². The van der Waals surface area contributed by atoms with Crippen LogP contribution in [0.3, 0.4) is 0 Å². The number of rotatable bonds is 7. The van der Waals surface area contributed by atoms with Gasteiger partial charge in [0.2, 0.25) is 0 Å². The first-order valence-electron chi connectivity index (χ1n) is 6.89. The molecule has 0 aliphatic heterocycles. The smallest absolute Gasteiger partial charge is 0.0564 e. The highest BCUT2D eigenvalue weighted by Gasteiger charge is 2.21. The molecule has 1 N–H and O–H groups in total. The third-order valence-electron chi connectivity index (χ3n) is 3.69. The molecular weight excluding hydrogens is 222 g/mol. The Balaban J connectivity index is 2.67. The fourth-order valence-electron chi connectivity index (χ4n) is 1.67. The van der Waals surface area contributed by atoms with Gasteiger partial charge in [-0.3, -0.25) is 9.88 Å². The van der Waals surface area contributed by atoms with E-state index in [1.807, 2.05) is 12.3 Å². The molecule has 1 aromatic rings. The second kappa shape index (κ2) is 6.74. The van der Waals surface area contributed by atoms with Gasteiger partial charge in [0.1, 0.15) is 0 Å². The van der Waals surface area contributed by atoms with Crippen molar-refractivity contribution in [3.05, 3.63) is 24.0 Å². The van der Waals surface area contributed by atoms with Crippen LogP contribution in [0.5, 0.6) is 0 Å². The van der Waals surface area contributed by atoms with Crippen LogP contribution in [0.1, 0.15) is 46.2 Å². The maximum atomic E-state index is 4.45. The highest BCUT2D eigenvalue weighted by atomic mass is 15.2. The molecule has 3 heteroatoms. The van der Waals surface area contributed by atoms with E-state index in [4.69, 9.17) is 0 Å². The van der Waals surface area contributed by atoms with Crippen molar-refractivity contribution in [2.24, 2.45) is 0 Å². The molecule has 1 rings (SSSR count). The largest absolute Gasteiger partial charge is 0.385 e. The van der Waals surface area contributed by atoms with Crippen molar-refractivity contribution in [2.75, 3.05) is 18.9 Å². The van der Waals surface area contributed by atoms with Crippen molar-refractivity contribution >= 4 is 5.69 Å². The van der Waals surface area contributed by atoms with Gasteiger partial charge in [0, 0.05) is 30.5 Å². The lowest BCUT2D eigenvalue weighted by Crippen LogP contribution is -2.39. The lowest BCUT2D eigenvalue weighted by atomic mass is 10.00. The zero-order valence-electron chi connectivity index (χ0n) is 12.5. The molecule has 0 radical (unpaired) electrons. The van der Waals surface area contributed by atoms with Gasteiger partial charge in [-0.15, -0.1) is 0 Å². The van der Waals surface area contributed by atoms with Crippen LogP contribution in [-0.4, -0.2) is 29.0 Å². The van der Waals surface area contributed by atoms with Crippen molar-refractivity contribution in [1.29, 1.82) is 0 Å². The third kappa shape index (κ3) is 4.30. The predicted octanol–water partition coefficient (Wildman–Crippen LogP) is 3.52. The number of nitrogens with zero attached hydrogens (tertiary/aromatic N) is 2. The molecule has 3 nitrogen and oxygen atoms in total. The fourth-order valence-corrected chi connectivity index (χ4v) is 1.67. The molecule has 0 saturated carbocycles. The number of anilines is 1. The van der Waals surface area contributed by atoms with Gasteiger partial charge in [-0.25, -0.2) is 0 Å². The number of pyridine rings is 1. The summed E-state index contributed by atoms with van der Waals surface area (Å²) in [5.41, 5.74) is 2.51. The molecule has 0 saturated heterocycles. The average molecular weight is 249 g/mol. The quantitative estimate of drug-likeness (QED) is 0.801. The summed E-state index contributed by atoms with van der Waals surface area (Å²) >= 11 is 0. The predicted molar refractivity (Wildman–Crippen MR) is 78.9 cm³/mol. The fraction of sp³-hybridized carbons (Fsp3) is 0.667. The summed E-state index contributed by atoms with van der Waals surface area (Å²) in [5.74, 6) is 0. The van der Waals surface area contributed by atoms with E-state index in [9.17, 15) is 0 Å². The van der Waals surface area contributed by atoms with Crippen molar-refractivity contribution in [1.82, 2.24) is 9.88 Å². The van der Waals surface area contributed by atoms with Gasteiger partial charge in [-0.05, 0) is 45.9 Å². The first-order chi connectivity index (χ1) is 8.49. The van der Waals surface area contributed by atoms with Gasteiger partial charge >= 0.3 is 0 Å². The lowest BCUT2D eigenvalue weighted by molar-refractivity contribution is 0.141. The topological polar surface area (TPSA) is 28.2 Å². The van der Waals surface area contributed by atoms with E-state index in [1.165, 1.54) is 5.69 Å². The van der Waals surface area contributed by atoms with Crippen LogP contribution in [0, 0.1) is 0 Å². The van der Waals surface area contributed by atoms with E-state index in [0.29, 0.717) is 0 Å². The van der Waals surface area contributed by atoms with Gasteiger partial charge < -0.3 is 5.32 Å². The van der Waals surface area contributed by atoms with E-state index >= 15 is 0 Å². The molecule has 0 atom stereocenters. The van der Waals surface area contributed by atoms with Crippen molar-refractivity contribution in [3.8, 4) is 0 Å². The summed E-state index contributed by atoms with van der Waals surface area (Å²) < 4.78 is 0. The van der Waals surface area contributed by atoms with E-state index in [1.54, 1.807) is 0 Å². The summed E-state index contributed by atoms with van der Waals surface area (Å²) in [4.78, 5) is 6.81. The summed E-state index contributed by atoms with van der Waals surface area (Å²) in [6.45, 7) is 10.8. The number of aromatic nitrogens is 1. The normalized spacial score (nSPS) is 11.9. The number of hydrogen-bond acceptors (Lipinski definition) is 3. The Morgan fingerprint density at radius 2 is 2.06 bits per heavy atom. The molecule has 0 unspecified atom stereocenters.